The summed E-state index contributed by atoms with van der Waals surface area (Å²) in [6.07, 6.45) is 2.90. The molecular weight excluding hydrogens is 383 g/mol. The predicted molar refractivity (Wildman–Crippen MR) is 102 cm³/mol. The minimum Gasteiger partial charge on any atom is -0.431 e. The van der Waals surface area contributed by atoms with Crippen LogP contribution in [0.15, 0.2) is 47.3 Å². The van der Waals surface area contributed by atoms with Gasteiger partial charge in [0.05, 0.1) is 10.6 Å². The number of nitrogens with two attached hydrogens (primary N) is 1. The molecule has 6 nitrogen and oxygen atoms in total. The van der Waals surface area contributed by atoms with E-state index in [9.17, 15) is 9.18 Å². The van der Waals surface area contributed by atoms with Gasteiger partial charge in [0.25, 0.3) is 6.02 Å². The van der Waals surface area contributed by atoms with Gasteiger partial charge in [-0.05, 0) is 43.7 Å². The number of carbonyl (C=O) groups is 1. The highest BCUT2D eigenvalue weighted by Crippen LogP contribution is 2.34. The van der Waals surface area contributed by atoms with E-state index in [1.54, 1.807) is 26.0 Å². The third kappa shape index (κ3) is 3.87. The maximum absolute atomic E-state index is 14.5. The van der Waals surface area contributed by atoms with E-state index in [1.807, 2.05) is 6.07 Å². The van der Waals surface area contributed by atoms with Crippen LogP contribution in [0.1, 0.15) is 41.0 Å². The fraction of sp³-hybridized carbons (Fsp3) is 0.200. The summed E-state index contributed by atoms with van der Waals surface area (Å²) in [6, 6.07) is 7.59. The average Bonchev–Trinajstić information content (AvgIpc) is 2.61. The van der Waals surface area contributed by atoms with Gasteiger partial charge in [-0.3, -0.25) is 9.78 Å². The number of ether oxygens (including phenoxy) is 1. The van der Waals surface area contributed by atoms with E-state index in [-0.39, 0.29) is 40.1 Å². The first kappa shape index (κ1) is 19.5. The first-order valence-electron chi connectivity index (χ1n) is 8.32. The van der Waals surface area contributed by atoms with Crippen molar-refractivity contribution >= 4 is 23.4 Å². The molecule has 142 valence electrons. The number of aromatic nitrogens is 1. The SMILES string of the molecule is CC1=C[C@@](C)(c2cc(CC(=O)c3ncc(C#N)cc3Cl)ccc2F)N=C(N)O1. The van der Waals surface area contributed by atoms with Crippen molar-refractivity contribution in [1.82, 2.24) is 4.98 Å². The average molecular weight is 399 g/mol. The summed E-state index contributed by atoms with van der Waals surface area (Å²) in [7, 11) is 0. The second kappa shape index (κ2) is 7.41. The van der Waals surface area contributed by atoms with E-state index in [2.05, 4.69) is 9.98 Å². The third-order valence-corrected chi connectivity index (χ3v) is 4.56. The lowest BCUT2D eigenvalue weighted by atomic mass is 9.88. The van der Waals surface area contributed by atoms with E-state index in [0.717, 1.165) is 0 Å². The molecule has 2 N–H and O–H groups in total. The highest BCUT2D eigenvalue weighted by Gasteiger charge is 2.31. The van der Waals surface area contributed by atoms with Crippen LogP contribution in [-0.4, -0.2) is 16.8 Å². The van der Waals surface area contributed by atoms with Gasteiger partial charge in [0.15, 0.2) is 5.78 Å². The minimum atomic E-state index is -1.06. The van der Waals surface area contributed by atoms with Crippen molar-refractivity contribution in [3.05, 3.63) is 75.5 Å². The molecule has 2 heterocycles. The van der Waals surface area contributed by atoms with Gasteiger partial charge in [-0.25, -0.2) is 9.38 Å². The number of aliphatic imine (C=N–C) groups is 1. The minimum absolute atomic E-state index is 0.0413. The summed E-state index contributed by atoms with van der Waals surface area (Å²) in [4.78, 5) is 20.8. The maximum atomic E-state index is 14.5. The van der Waals surface area contributed by atoms with Gasteiger partial charge < -0.3 is 10.5 Å². The van der Waals surface area contributed by atoms with Gasteiger partial charge >= 0.3 is 0 Å². The summed E-state index contributed by atoms with van der Waals surface area (Å²) >= 11 is 6.05. The van der Waals surface area contributed by atoms with Crippen molar-refractivity contribution in [2.45, 2.75) is 25.8 Å². The molecule has 0 saturated carbocycles. The molecule has 0 spiro atoms. The zero-order valence-corrected chi connectivity index (χ0v) is 15.9. The monoisotopic (exact) mass is 398 g/mol. The molecule has 2 aromatic rings. The summed E-state index contributed by atoms with van der Waals surface area (Å²) in [6.45, 7) is 3.40. The molecule has 0 bridgehead atoms. The molecule has 8 heteroatoms. The van der Waals surface area contributed by atoms with Crippen molar-refractivity contribution < 1.29 is 13.9 Å². The molecule has 0 fully saturated rings. The lowest BCUT2D eigenvalue weighted by Crippen LogP contribution is -2.30. The van der Waals surface area contributed by atoms with Crippen LogP contribution in [-0.2, 0) is 16.7 Å². The zero-order valence-electron chi connectivity index (χ0n) is 15.2. The number of allylic oxidation sites excluding steroid dienone is 1. The number of carbonyl (C=O) groups excluding carboxylic acids is 1. The van der Waals surface area contributed by atoms with E-state index in [0.29, 0.717) is 11.3 Å². The van der Waals surface area contributed by atoms with E-state index < -0.39 is 11.4 Å². The highest BCUT2D eigenvalue weighted by molar-refractivity contribution is 6.33. The molecule has 1 atom stereocenters. The van der Waals surface area contributed by atoms with Gasteiger partial charge in [-0.15, -0.1) is 0 Å². The Morgan fingerprint density at radius 2 is 2.18 bits per heavy atom. The zero-order chi connectivity index (χ0) is 20.5. The summed E-state index contributed by atoms with van der Waals surface area (Å²) < 4.78 is 19.7. The Kier molecular flexibility index (Phi) is 5.16. The molecule has 0 radical (unpaired) electrons. The lowest BCUT2D eigenvalue weighted by molar-refractivity contribution is 0.0988. The second-order valence-electron chi connectivity index (χ2n) is 6.53. The molecule has 1 aliphatic rings. The van der Waals surface area contributed by atoms with E-state index >= 15 is 0 Å². The molecule has 3 rings (SSSR count). The van der Waals surface area contributed by atoms with Crippen LogP contribution in [0.2, 0.25) is 5.02 Å². The standard InChI is InChI=1S/C20H16ClFN4O2/c1-11-8-20(2,26-19(24)28-11)14-5-12(3-4-16(14)22)7-17(27)18-15(21)6-13(9-23)10-25-18/h3-6,8,10H,7H2,1-2H3,(H2,24,26)/t20-/m0/s1. The predicted octanol–water partition coefficient (Wildman–Crippen LogP) is 3.64. The number of pyridine rings is 1. The number of amidine groups is 1. The quantitative estimate of drug-likeness (QED) is 0.792. The smallest absolute Gasteiger partial charge is 0.288 e. The fourth-order valence-corrected chi connectivity index (χ4v) is 3.33. The highest BCUT2D eigenvalue weighted by atomic mass is 35.5. The first-order chi connectivity index (χ1) is 13.2. The maximum Gasteiger partial charge on any atom is 0.288 e. The topological polar surface area (TPSA) is 101 Å². The van der Waals surface area contributed by atoms with Crippen LogP contribution < -0.4 is 5.73 Å². The van der Waals surface area contributed by atoms with Gasteiger partial charge in [-0.1, -0.05) is 17.7 Å². The molecular formula is C20H16ClFN4O2. The van der Waals surface area contributed by atoms with E-state index in [1.165, 1.54) is 24.4 Å². The van der Waals surface area contributed by atoms with Crippen LogP contribution in [0.3, 0.4) is 0 Å². The van der Waals surface area contributed by atoms with Gasteiger partial charge in [-0.2, -0.15) is 5.26 Å². The first-order valence-corrected chi connectivity index (χ1v) is 8.70. The van der Waals surface area contributed by atoms with Crippen LogP contribution in [0.5, 0.6) is 0 Å². The normalized spacial score (nSPS) is 18.5. The summed E-state index contributed by atoms with van der Waals surface area (Å²) in [5.41, 5.74) is 5.78. The van der Waals surface area contributed by atoms with Crippen molar-refractivity contribution in [2.24, 2.45) is 10.7 Å². The number of hydrogen-bond donors (Lipinski definition) is 1. The molecule has 1 aromatic heterocycles. The fourth-order valence-electron chi connectivity index (χ4n) is 3.06. The lowest BCUT2D eigenvalue weighted by Gasteiger charge is -2.27. The Balaban J connectivity index is 1.93. The van der Waals surface area contributed by atoms with Crippen LogP contribution >= 0.6 is 11.6 Å². The Labute approximate surface area is 166 Å². The largest absolute Gasteiger partial charge is 0.431 e. The molecule has 0 saturated heterocycles. The molecule has 0 unspecified atom stereocenters. The van der Waals surface area contributed by atoms with Gasteiger partial charge in [0.2, 0.25) is 0 Å². The van der Waals surface area contributed by atoms with Crippen LogP contribution in [0.4, 0.5) is 4.39 Å². The molecule has 1 aliphatic heterocycles. The number of halogens is 2. The van der Waals surface area contributed by atoms with E-state index in [4.69, 9.17) is 27.3 Å². The Hall–Kier alpha value is -3.24. The Morgan fingerprint density at radius 3 is 2.82 bits per heavy atom. The summed E-state index contributed by atoms with van der Waals surface area (Å²) in [5.74, 6) is -0.320. The van der Waals surface area contributed by atoms with Crippen molar-refractivity contribution in [1.29, 1.82) is 5.26 Å². The third-order valence-electron chi connectivity index (χ3n) is 4.27. The van der Waals surface area contributed by atoms with Crippen molar-refractivity contribution in [3.8, 4) is 6.07 Å². The number of hydrogen-bond acceptors (Lipinski definition) is 6. The summed E-state index contributed by atoms with van der Waals surface area (Å²) in [5, 5.41) is 8.96. The second-order valence-corrected chi connectivity index (χ2v) is 6.94. The Bertz CT molecular complexity index is 1050. The number of Topliss-reactive ketones (excluding diaryl/α,β-unsaturated/α-hetero) is 1. The van der Waals surface area contributed by atoms with Gasteiger partial charge in [0.1, 0.15) is 28.9 Å². The Morgan fingerprint density at radius 1 is 1.43 bits per heavy atom. The number of rotatable bonds is 4. The molecule has 28 heavy (non-hydrogen) atoms. The van der Waals surface area contributed by atoms with Crippen molar-refractivity contribution in [2.75, 3.05) is 0 Å². The molecule has 1 aromatic carbocycles. The van der Waals surface area contributed by atoms with Gasteiger partial charge in [0, 0.05) is 18.2 Å². The number of nitrogens with zero attached hydrogens (tertiary/aromatic N) is 3. The van der Waals surface area contributed by atoms with Crippen LogP contribution in [0, 0.1) is 17.1 Å². The van der Waals surface area contributed by atoms with Crippen LogP contribution in [0.25, 0.3) is 0 Å². The number of benzene rings is 1. The number of nitriles is 1. The molecule has 0 aliphatic carbocycles. The number of ketones is 1. The molecule has 0 amide bonds. The van der Waals surface area contributed by atoms with Crippen molar-refractivity contribution in [3.63, 3.8) is 0 Å².